The van der Waals surface area contributed by atoms with Crippen LogP contribution in [0.3, 0.4) is 0 Å². The maximum atomic E-state index is 5.97. The molecular weight excluding hydrogens is 190 g/mol. The SMILES string of the molecule is CC(N)C(OC1CCC1)c1cnn(C)c1. The molecule has 1 fully saturated rings. The summed E-state index contributed by atoms with van der Waals surface area (Å²) in [6, 6.07) is 0.00907. The van der Waals surface area contributed by atoms with Crippen molar-refractivity contribution in [3.63, 3.8) is 0 Å². The molecule has 2 atom stereocenters. The van der Waals surface area contributed by atoms with Crippen LogP contribution in [-0.2, 0) is 11.8 Å². The zero-order chi connectivity index (χ0) is 10.8. The van der Waals surface area contributed by atoms with Crippen LogP contribution in [0.15, 0.2) is 12.4 Å². The number of ether oxygens (including phenoxy) is 1. The Morgan fingerprint density at radius 3 is 2.73 bits per heavy atom. The first-order chi connectivity index (χ1) is 7.16. The molecule has 1 heterocycles. The highest BCUT2D eigenvalue weighted by Crippen LogP contribution is 2.30. The number of hydrogen-bond acceptors (Lipinski definition) is 3. The van der Waals surface area contributed by atoms with Gasteiger partial charge in [-0.1, -0.05) is 0 Å². The molecule has 1 aromatic heterocycles. The van der Waals surface area contributed by atoms with Gasteiger partial charge in [0, 0.05) is 24.8 Å². The van der Waals surface area contributed by atoms with Crippen molar-refractivity contribution < 1.29 is 4.74 Å². The summed E-state index contributed by atoms with van der Waals surface area (Å²) in [5.74, 6) is 0. The van der Waals surface area contributed by atoms with Crippen LogP contribution in [0.2, 0.25) is 0 Å². The first-order valence-corrected chi connectivity index (χ1v) is 5.56. The van der Waals surface area contributed by atoms with E-state index in [2.05, 4.69) is 5.10 Å². The standard InChI is InChI=1S/C11H19N3O/c1-8(12)11(15-10-4-3-5-10)9-6-13-14(2)7-9/h6-8,10-11H,3-5,12H2,1-2H3. The first kappa shape index (κ1) is 10.6. The number of aromatic nitrogens is 2. The molecule has 84 valence electrons. The molecule has 0 saturated heterocycles. The van der Waals surface area contributed by atoms with Gasteiger partial charge in [0.2, 0.25) is 0 Å². The number of rotatable bonds is 4. The van der Waals surface area contributed by atoms with Gasteiger partial charge in [0.15, 0.2) is 0 Å². The molecule has 1 aromatic rings. The highest BCUT2D eigenvalue weighted by molar-refractivity contribution is 5.10. The van der Waals surface area contributed by atoms with E-state index in [1.165, 1.54) is 19.3 Å². The summed E-state index contributed by atoms with van der Waals surface area (Å²) in [5.41, 5.74) is 7.03. The molecular formula is C11H19N3O. The second-order valence-electron chi connectivity index (χ2n) is 4.42. The van der Waals surface area contributed by atoms with E-state index in [0.717, 1.165) is 5.56 Å². The van der Waals surface area contributed by atoms with Gasteiger partial charge in [-0.25, -0.2) is 0 Å². The molecule has 0 amide bonds. The van der Waals surface area contributed by atoms with E-state index in [-0.39, 0.29) is 12.1 Å². The fourth-order valence-corrected chi connectivity index (χ4v) is 1.81. The number of hydrogen-bond donors (Lipinski definition) is 1. The zero-order valence-corrected chi connectivity index (χ0v) is 9.39. The van der Waals surface area contributed by atoms with Gasteiger partial charge in [-0.05, 0) is 26.2 Å². The Kier molecular flexibility index (Phi) is 3.07. The Labute approximate surface area is 90.4 Å². The Balaban J connectivity index is 2.04. The van der Waals surface area contributed by atoms with E-state index >= 15 is 0 Å². The maximum absolute atomic E-state index is 5.97. The van der Waals surface area contributed by atoms with E-state index in [0.29, 0.717) is 6.10 Å². The normalized spacial score (nSPS) is 21.0. The lowest BCUT2D eigenvalue weighted by atomic mass is 9.95. The minimum Gasteiger partial charge on any atom is -0.369 e. The fourth-order valence-electron chi connectivity index (χ4n) is 1.81. The Hall–Kier alpha value is -0.870. The molecule has 0 aromatic carbocycles. The molecule has 4 nitrogen and oxygen atoms in total. The van der Waals surface area contributed by atoms with E-state index in [1.807, 2.05) is 26.4 Å². The van der Waals surface area contributed by atoms with Gasteiger partial charge in [-0.15, -0.1) is 0 Å². The lowest BCUT2D eigenvalue weighted by Crippen LogP contribution is -2.32. The summed E-state index contributed by atoms with van der Waals surface area (Å²) in [4.78, 5) is 0. The monoisotopic (exact) mass is 209 g/mol. The van der Waals surface area contributed by atoms with Crippen molar-refractivity contribution in [1.82, 2.24) is 9.78 Å². The maximum Gasteiger partial charge on any atom is 0.101 e. The lowest BCUT2D eigenvalue weighted by molar-refractivity contribution is -0.0611. The Morgan fingerprint density at radius 2 is 2.33 bits per heavy atom. The van der Waals surface area contributed by atoms with Gasteiger partial charge in [-0.3, -0.25) is 4.68 Å². The lowest BCUT2D eigenvalue weighted by Gasteiger charge is -2.31. The molecule has 0 bridgehead atoms. The van der Waals surface area contributed by atoms with Crippen molar-refractivity contribution in [1.29, 1.82) is 0 Å². The third kappa shape index (κ3) is 2.38. The summed E-state index contributed by atoms with van der Waals surface area (Å²) >= 11 is 0. The summed E-state index contributed by atoms with van der Waals surface area (Å²) < 4.78 is 7.76. The highest BCUT2D eigenvalue weighted by atomic mass is 16.5. The van der Waals surface area contributed by atoms with Crippen LogP contribution in [0.5, 0.6) is 0 Å². The quantitative estimate of drug-likeness (QED) is 0.815. The summed E-state index contributed by atoms with van der Waals surface area (Å²) in [5, 5.41) is 4.15. The predicted octanol–water partition coefficient (Wildman–Crippen LogP) is 1.38. The van der Waals surface area contributed by atoms with Crippen LogP contribution < -0.4 is 5.73 Å². The summed E-state index contributed by atoms with van der Waals surface area (Å²) in [6.45, 7) is 1.98. The first-order valence-electron chi connectivity index (χ1n) is 5.56. The zero-order valence-electron chi connectivity index (χ0n) is 9.39. The minimum atomic E-state index is -0.0102. The van der Waals surface area contributed by atoms with Gasteiger partial charge < -0.3 is 10.5 Å². The van der Waals surface area contributed by atoms with E-state index in [1.54, 1.807) is 4.68 Å². The molecule has 2 N–H and O–H groups in total. The molecule has 0 spiro atoms. The topological polar surface area (TPSA) is 53.1 Å². The van der Waals surface area contributed by atoms with Gasteiger partial charge in [0.05, 0.1) is 12.3 Å². The van der Waals surface area contributed by atoms with E-state index in [9.17, 15) is 0 Å². The van der Waals surface area contributed by atoms with Crippen molar-refractivity contribution in [3.8, 4) is 0 Å². The van der Waals surface area contributed by atoms with Crippen LogP contribution in [0, 0.1) is 0 Å². The second-order valence-corrected chi connectivity index (χ2v) is 4.42. The largest absolute Gasteiger partial charge is 0.369 e. The fraction of sp³-hybridized carbons (Fsp3) is 0.727. The highest BCUT2D eigenvalue weighted by Gasteiger charge is 2.26. The van der Waals surface area contributed by atoms with E-state index in [4.69, 9.17) is 10.5 Å². The van der Waals surface area contributed by atoms with Crippen molar-refractivity contribution in [3.05, 3.63) is 18.0 Å². The third-order valence-corrected chi connectivity index (χ3v) is 2.92. The van der Waals surface area contributed by atoms with Crippen molar-refractivity contribution >= 4 is 0 Å². The summed E-state index contributed by atoms with van der Waals surface area (Å²) in [6.07, 6.45) is 7.83. The molecule has 2 rings (SSSR count). The molecule has 1 saturated carbocycles. The van der Waals surface area contributed by atoms with Crippen molar-refractivity contribution in [2.24, 2.45) is 12.8 Å². The average Bonchev–Trinajstić information content (AvgIpc) is 2.49. The van der Waals surface area contributed by atoms with Crippen LogP contribution in [0.4, 0.5) is 0 Å². The van der Waals surface area contributed by atoms with Crippen LogP contribution in [0.25, 0.3) is 0 Å². The van der Waals surface area contributed by atoms with Gasteiger partial charge in [-0.2, -0.15) is 5.10 Å². The van der Waals surface area contributed by atoms with Crippen molar-refractivity contribution in [2.45, 2.75) is 44.4 Å². The van der Waals surface area contributed by atoms with Gasteiger partial charge in [0.25, 0.3) is 0 Å². The third-order valence-electron chi connectivity index (χ3n) is 2.92. The van der Waals surface area contributed by atoms with Crippen LogP contribution in [-0.4, -0.2) is 21.9 Å². The van der Waals surface area contributed by atoms with Crippen LogP contribution in [0.1, 0.15) is 37.9 Å². The number of nitrogens with zero attached hydrogens (tertiary/aromatic N) is 2. The second kappa shape index (κ2) is 4.33. The number of aryl methyl sites for hydroxylation is 1. The van der Waals surface area contributed by atoms with Gasteiger partial charge in [0.1, 0.15) is 6.10 Å². The average molecular weight is 209 g/mol. The Morgan fingerprint density at radius 1 is 1.60 bits per heavy atom. The predicted molar refractivity (Wildman–Crippen MR) is 58.3 cm³/mol. The van der Waals surface area contributed by atoms with Crippen molar-refractivity contribution in [2.75, 3.05) is 0 Å². The molecule has 1 aliphatic carbocycles. The smallest absolute Gasteiger partial charge is 0.101 e. The molecule has 1 aliphatic rings. The molecule has 15 heavy (non-hydrogen) atoms. The molecule has 0 aliphatic heterocycles. The molecule has 2 unspecified atom stereocenters. The van der Waals surface area contributed by atoms with Gasteiger partial charge >= 0.3 is 0 Å². The van der Waals surface area contributed by atoms with Crippen LogP contribution >= 0.6 is 0 Å². The summed E-state index contributed by atoms with van der Waals surface area (Å²) in [7, 11) is 1.91. The Bertz CT molecular complexity index is 317. The molecule has 0 radical (unpaired) electrons. The minimum absolute atomic E-state index is 0.00907. The number of nitrogens with two attached hydrogens (primary N) is 1. The molecule has 4 heteroatoms. The van der Waals surface area contributed by atoms with E-state index < -0.39 is 0 Å².